The third kappa shape index (κ3) is 10.9. The van der Waals surface area contributed by atoms with E-state index in [4.69, 9.17) is 40.0 Å². The lowest BCUT2D eigenvalue weighted by atomic mass is 9.73. The molecule has 6 rings (SSSR count). The minimum atomic E-state index is -1.44. The number of hydrogen-bond acceptors (Lipinski definition) is 14. The van der Waals surface area contributed by atoms with Gasteiger partial charge >= 0.3 is 18.0 Å². The van der Waals surface area contributed by atoms with Crippen LogP contribution in [0.4, 0.5) is 4.79 Å². The highest BCUT2D eigenvalue weighted by Crippen LogP contribution is 2.44. The van der Waals surface area contributed by atoms with Crippen LogP contribution in [0.1, 0.15) is 93.1 Å². The van der Waals surface area contributed by atoms with Crippen LogP contribution in [0, 0.1) is 23.7 Å². The fourth-order valence-electron chi connectivity index (χ4n) is 10.6. The summed E-state index contributed by atoms with van der Waals surface area (Å²) in [5, 5.41) is 12.3. The fourth-order valence-corrected chi connectivity index (χ4v) is 10.8. The minimum absolute atomic E-state index is 0.115. The Labute approximate surface area is 393 Å². The zero-order chi connectivity index (χ0) is 48.2. The zero-order valence-electron chi connectivity index (χ0n) is 40.3. The summed E-state index contributed by atoms with van der Waals surface area (Å²) in [6.07, 6.45) is -0.829. The maximum atomic E-state index is 15.0. The molecule has 0 bridgehead atoms. The summed E-state index contributed by atoms with van der Waals surface area (Å²) in [6, 6.07) is 9.42. The number of aliphatic hydroxyl groups excluding tert-OH is 1. The van der Waals surface area contributed by atoms with E-state index in [9.17, 15) is 19.5 Å². The number of cyclic esters (lactones) is 1. The van der Waals surface area contributed by atoms with Gasteiger partial charge in [-0.1, -0.05) is 51.4 Å². The Hall–Kier alpha value is -4.19. The molecular formula is C49H70ClN5O11. The van der Waals surface area contributed by atoms with Crippen molar-refractivity contribution in [2.24, 2.45) is 23.7 Å². The number of halogens is 1. The number of unbranched alkanes of at least 4 members (excludes halogenated alkanes) is 1. The molecule has 0 radical (unpaired) electrons. The second kappa shape index (κ2) is 21.4. The molecule has 0 spiro atoms. The number of esters is 2. The number of aryl methyl sites for hydroxylation is 1. The number of carbonyl (C=O) groups is 4. The van der Waals surface area contributed by atoms with Gasteiger partial charge in [0.2, 0.25) is 0 Å². The van der Waals surface area contributed by atoms with Gasteiger partial charge in [-0.3, -0.25) is 14.4 Å². The summed E-state index contributed by atoms with van der Waals surface area (Å²) in [5.41, 5.74) is -0.537. The van der Waals surface area contributed by atoms with Crippen LogP contribution in [0.25, 0.3) is 11.2 Å². The predicted octanol–water partition coefficient (Wildman–Crippen LogP) is 6.65. The average Bonchev–Trinajstić information content (AvgIpc) is 3.81. The molecule has 1 amide bonds. The Morgan fingerprint density at radius 1 is 1.00 bits per heavy atom. The van der Waals surface area contributed by atoms with E-state index in [1.54, 1.807) is 69.4 Å². The number of carbonyl (C=O) groups excluding carboxylic acids is 4. The number of hydrogen-bond donors (Lipinski definition) is 1. The van der Waals surface area contributed by atoms with E-state index in [1.165, 1.54) is 7.11 Å². The Morgan fingerprint density at radius 3 is 2.36 bits per heavy atom. The van der Waals surface area contributed by atoms with E-state index >= 15 is 4.79 Å². The molecule has 0 aliphatic carbocycles. The average molecular weight is 941 g/mol. The first-order valence-electron chi connectivity index (χ1n) is 23.4. The van der Waals surface area contributed by atoms with Gasteiger partial charge in [0.25, 0.3) is 0 Å². The maximum Gasteiger partial charge on any atom is 0.410 e. The molecule has 1 aromatic carbocycles. The van der Waals surface area contributed by atoms with Gasteiger partial charge in [0, 0.05) is 55.2 Å². The predicted molar refractivity (Wildman–Crippen MR) is 246 cm³/mol. The van der Waals surface area contributed by atoms with Crippen molar-refractivity contribution >= 4 is 46.6 Å². The Kier molecular flexibility index (Phi) is 16.6. The number of ketones is 1. The number of rotatable bonds is 13. The summed E-state index contributed by atoms with van der Waals surface area (Å²) in [4.78, 5) is 70.3. The van der Waals surface area contributed by atoms with Gasteiger partial charge in [-0.25, -0.2) is 14.8 Å². The smallest absolute Gasteiger partial charge is 0.410 e. The Balaban J connectivity index is 1.37. The molecule has 5 heterocycles. The number of amides is 1. The van der Waals surface area contributed by atoms with Crippen LogP contribution in [0.3, 0.4) is 0 Å². The van der Waals surface area contributed by atoms with Crippen molar-refractivity contribution < 1.29 is 52.7 Å². The number of methoxy groups -OCH3 is 1. The number of ether oxygens (including phenoxy) is 6. The van der Waals surface area contributed by atoms with Crippen molar-refractivity contribution in [2.45, 2.75) is 161 Å². The van der Waals surface area contributed by atoms with Gasteiger partial charge in [-0.05, 0) is 104 Å². The molecule has 17 heteroatoms. The number of fused-ring (bicyclic) bond motifs is 2. The molecular weight excluding hydrogens is 870 g/mol. The van der Waals surface area contributed by atoms with Crippen molar-refractivity contribution in [1.82, 2.24) is 24.3 Å². The Bertz CT molecular complexity index is 2160. The highest BCUT2D eigenvalue weighted by Gasteiger charge is 2.60. The van der Waals surface area contributed by atoms with Gasteiger partial charge in [-0.15, -0.1) is 0 Å². The van der Waals surface area contributed by atoms with E-state index in [1.807, 2.05) is 63.4 Å². The molecule has 14 atom stereocenters. The number of benzene rings is 1. The first-order valence-corrected chi connectivity index (χ1v) is 23.7. The lowest BCUT2D eigenvalue weighted by Crippen LogP contribution is -2.61. The highest BCUT2D eigenvalue weighted by molar-refractivity contribution is 6.30. The van der Waals surface area contributed by atoms with Crippen molar-refractivity contribution in [3.05, 3.63) is 59.5 Å². The van der Waals surface area contributed by atoms with E-state index in [2.05, 4.69) is 9.97 Å². The molecule has 0 saturated carbocycles. The van der Waals surface area contributed by atoms with Gasteiger partial charge in [0.15, 0.2) is 17.5 Å². The van der Waals surface area contributed by atoms with Crippen LogP contribution >= 0.6 is 11.6 Å². The second-order valence-electron chi connectivity index (χ2n) is 19.4. The number of nitrogens with zero attached hydrogens (tertiary/aromatic N) is 5. The molecule has 0 unspecified atom stereocenters. The molecule has 3 fully saturated rings. The fraction of sp³-hybridized carbons (Fsp3) is 0.673. The standard InChI is InChI=1S/C49H70ClN5O11/c1-12-37-49(8)42(55(47(60)66-49)23-14-13-22-54-27-52-35-16-15-21-51-44(35)54)30(4)39(57)28(2)26-48(7,61-11)43(65-46-40(58)36(53(9)10)24-29(3)62-46)31(5)41(32(6)45(59)63-37)64-38(56)25-33-17-19-34(50)20-18-33/h15-21,27-32,36-37,40-43,46,58H,12-14,22-26H2,1-11H3/t28-,29-,30+,31+,32-,36+,37-,40-,41+,42-,43-,46+,48+,49-/m1/s1. The molecule has 2 aromatic heterocycles. The van der Waals surface area contributed by atoms with Gasteiger partial charge < -0.3 is 47.9 Å². The van der Waals surface area contributed by atoms with Crippen molar-refractivity contribution in [3.63, 3.8) is 0 Å². The normalized spacial score (nSPS) is 34.8. The maximum absolute atomic E-state index is 15.0. The van der Waals surface area contributed by atoms with Gasteiger partial charge in [-0.2, -0.15) is 0 Å². The summed E-state index contributed by atoms with van der Waals surface area (Å²) >= 11 is 6.14. The van der Waals surface area contributed by atoms with Crippen molar-refractivity contribution in [1.29, 1.82) is 0 Å². The largest absolute Gasteiger partial charge is 0.461 e. The lowest BCUT2D eigenvalue weighted by Gasteiger charge is -2.48. The number of Topliss-reactive ketones (excluding diaryl/α,β-unsaturated/α-hetero) is 1. The first kappa shape index (κ1) is 51.2. The van der Waals surface area contributed by atoms with Gasteiger partial charge in [0.05, 0.1) is 42.5 Å². The SMILES string of the molecule is CC[C@H]1OC(=O)[C@H](C)[C@@H](OC(=O)Cc2ccc(Cl)cc2)[C@H](C)[C@@H](O[C@@H]2O[C@H](C)C[C@H](N(C)C)[C@H]2O)[C@@](C)(OC)C[C@@H](C)C(=O)[C@H](C)[C@H]2N(CCCCn3cnc4cccnc43)C(=O)O[C@]12C. The molecule has 66 heavy (non-hydrogen) atoms. The molecule has 3 aliphatic heterocycles. The topological polar surface area (TPSA) is 181 Å². The highest BCUT2D eigenvalue weighted by atomic mass is 35.5. The molecule has 1 N–H and O–H groups in total. The number of aromatic nitrogens is 3. The van der Waals surface area contributed by atoms with E-state index in [0.29, 0.717) is 36.4 Å². The van der Waals surface area contributed by atoms with Crippen LogP contribution in [0.2, 0.25) is 5.02 Å². The lowest BCUT2D eigenvalue weighted by molar-refractivity contribution is -0.301. The van der Waals surface area contributed by atoms with E-state index in [-0.39, 0.29) is 43.7 Å². The summed E-state index contributed by atoms with van der Waals surface area (Å²) in [6.45, 7) is 15.2. The number of aliphatic hydroxyl groups is 1. The summed E-state index contributed by atoms with van der Waals surface area (Å²) in [5.74, 6) is -4.84. The molecule has 3 saturated heterocycles. The quantitative estimate of drug-likeness (QED) is 0.109. The molecule has 16 nitrogen and oxygen atoms in total. The zero-order valence-corrected chi connectivity index (χ0v) is 41.1. The first-order chi connectivity index (χ1) is 31.2. The third-order valence-corrected chi connectivity index (χ3v) is 14.5. The number of likely N-dealkylation sites (N-methyl/N-ethyl adjacent to an activating group) is 1. The number of pyridine rings is 1. The summed E-state index contributed by atoms with van der Waals surface area (Å²) < 4.78 is 40.6. The van der Waals surface area contributed by atoms with Crippen LogP contribution in [-0.4, -0.2) is 141 Å². The van der Waals surface area contributed by atoms with Crippen molar-refractivity contribution in [3.8, 4) is 0 Å². The monoisotopic (exact) mass is 939 g/mol. The molecule has 3 aliphatic rings. The van der Waals surface area contributed by atoms with Crippen LogP contribution in [0.5, 0.6) is 0 Å². The van der Waals surface area contributed by atoms with Crippen LogP contribution in [0.15, 0.2) is 48.9 Å². The Morgan fingerprint density at radius 2 is 1.70 bits per heavy atom. The van der Waals surface area contributed by atoms with E-state index < -0.39 is 89.7 Å². The van der Waals surface area contributed by atoms with Crippen molar-refractivity contribution in [2.75, 3.05) is 27.7 Å². The third-order valence-electron chi connectivity index (χ3n) is 14.3. The van der Waals surface area contributed by atoms with E-state index in [0.717, 1.165) is 11.2 Å². The minimum Gasteiger partial charge on any atom is -0.461 e. The van der Waals surface area contributed by atoms with Gasteiger partial charge in [0.1, 0.15) is 29.6 Å². The van der Waals surface area contributed by atoms with Crippen LogP contribution in [-0.2, 0) is 55.8 Å². The summed E-state index contributed by atoms with van der Waals surface area (Å²) in [7, 11) is 5.28. The van der Waals surface area contributed by atoms with Crippen LogP contribution < -0.4 is 0 Å². The second-order valence-corrected chi connectivity index (χ2v) is 19.8. The molecule has 3 aromatic rings. The molecule has 364 valence electrons. The number of imidazole rings is 1.